The number of carbonyl (C=O) groups is 1. The smallest absolute Gasteiger partial charge is 0.175 e. The van der Waals surface area contributed by atoms with E-state index in [1.165, 1.54) is 11.3 Å². The van der Waals surface area contributed by atoms with E-state index in [1.807, 2.05) is 31.4 Å². The highest BCUT2D eigenvalue weighted by Crippen LogP contribution is 2.18. The second kappa shape index (κ2) is 6.03. The van der Waals surface area contributed by atoms with E-state index in [9.17, 15) is 4.79 Å². The van der Waals surface area contributed by atoms with Crippen LogP contribution in [0, 0.1) is 5.92 Å². The molecule has 0 fully saturated rings. The van der Waals surface area contributed by atoms with Crippen molar-refractivity contribution in [2.45, 2.75) is 39.2 Å². The van der Waals surface area contributed by atoms with E-state index in [4.69, 9.17) is 5.73 Å². The van der Waals surface area contributed by atoms with E-state index in [0.717, 1.165) is 24.1 Å². The topological polar surface area (TPSA) is 43.1 Å². The molecule has 2 atom stereocenters. The molecule has 1 aromatic heterocycles. The van der Waals surface area contributed by atoms with Gasteiger partial charge in [-0.3, -0.25) is 4.79 Å². The minimum Gasteiger partial charge on any atom is -0.328 e. The lowest BCUT2D eigenvalue weighted by Crippen LogP contribution is -2.16. The minimum atomic E-state index is 0.127. The number of Topliss-reactive ketones (excluding diaryl/α,β-unsaturated/α-hetero) is 1. The molecule has 0 bridgehead atoms. The summed E-state index contributed by atoms with van der Waals surface area (Å²) in [6.45, 7) is 4.01. The summed E-state index contributed by atoms with van der Waals surface area (Å²) in [5, 5.41) is 1.95. The monoisotopic (exact) mass is 225 g/mol. The van der Waals surface area contributed by atoms with Crippen LogP contribution in [0.5, 0.6) is 0 Å². The van der Waals surface area contributed by atoms with Crippen LogP contribution >= 0.6 is 11.3 Å². The highest BCUT2D eigenvalue weighted by Gasteiger charge is 2.15. The molecule has 2 unspecified atom stereocenters. The van der Waals surface area contributed by atoms with Gasteiger partial charge in [0.15, 0.2) is 5.78 Å². The van der Waals surface area contributed by atoms with Crippen LogP contribution < -0.4 is 5.73 Å². The zero-order valence-electron chi connectivity index (χ0n) is 9.40. The summed E-state index contributed by atoms with van der Waals surface area (Å²) < 4.78 is 0. The van der Waals surface area contributed by atoms with E-state index in [-0.39, 0.29) is 17.7 Å². The first kappa shape index (κ1) is 12.4. The molecule has 2 N–H and O–H groups in total. The van der Waals surface area contributed by atoms with Crippen molar-refractivity contribution >= 4 is 17.1 Å². The Morgan fingerprint density at radius 3 is 2.73 bits per heavy atom. The zero-order valence-corrected chi connectivity index (χ0v) is 10.2. The summed E-state index contributed by atoms with van der Waals surface area (Å²) in [5.74, 6) is 0.400. The van der Waals surface area contributed by atoms with Crippen molar-refractivity contribution in [3.05, 3.63) is 22.4 Å². The standard InChI is InChI=1S/C12H19NOS/c1-9(5-3-6-10(2)13)12(14)11-7-4-8-15-11/h4,7-10H,3,5-6,13H2,1-2H3. The fourth-order valence-corrected chi connectivity index (χ4v) is 2.32. The van der Waals surface area contributed by atoms with Crippen LogP contribution in [0.3, 0.4) is 0 Å². The van der Waals surface area contributed by atoms with Gasteiger partial charge in [-0.2, -0.15) is 0 Å². The zero-order chi connectivity index (χ0) is 11.3. The van der Waals surface area contributed by atoms with Gasteiger partial charge in [-0.05, 0) is 31.2 Å². The van der Waals surface area contributed by atoms with Gasteiger partial charge in [0.2, 0.25) is 0 Å². The Balaban J connectivity index is 2.34. The minimum absolute atomic E-state index is 0.127. The van der Waals surface area contributed by atoms with Crippen molar-refractivity contribution in [1.82, 2.24) is 0 Å². The lowest BCUT2D eigenvalue weighted by Gasteiger charge is -2.10. The van der Waals surface area contributed by atoms with Gasteiger partial charge < -0.3 is 5.73 Å². The van der Waals surface area contributed by atoms with Crippen LogP contribution in [0.4, 0.5) is 0 Å². The van der Waals surface area contributed by atoms with Gasteiger partial charge in [0.1, 0.15) is 0 Å². The SMILES string of the molecule is CC(N)CCCC(C)C(=O)c1cccs1. The number of ketones is 1. The second-order valence-corrected chi connectivity index (χ2v) is 5.10. The Morgan fingerprint density at radius 2 is 2.20 bits per heavy atom. The van der Waals surface area contributed by atoms with Crippen molar-refractivity contribution in [1.29, 1.82) is 0 Å². The van der Waals surface area contributed by atoms with Crippen molar-refractivity contribution in [2.24, 2.45) is 11.7 Å². The van der Waals surface area contributed by atoms with Crippen molar-refractivity contribution in [3.63, 3.8) is 0 Å². The molecule has 84 valence electrons. The summed E-state index contributed by atoms with van der Waals surface area (Å²) >= 11 is 1.52. The Bertz CT molecular complexity index is 293. The molecule has 0 amide bonds. The fraction of sp³-hybridized carbons (Fsp3) is 0.583. The van der Waals surface area contributed by atoms with E-state index in [2.05, 4.69) is 0 Å². The summed E-state index contributed by atoms with van der Waals surface area (Å²) in [6, 6.07) is 4.07. The van der Waals surface area contributed by atoms with Crippen molar-refractivity contribution in [3.8, 4) is 0 Å². The van der Waals surface area contributed by atoms with Crippen molar-refractivity contribution < 1.29 is 4.79 Å². The summed E-state index contributed by atoms with van der Waals surface area (Å²) in [4.78, 5) is 12.7. The summed E-state index contributed by atoms with van der Waals surface area (Å²) in [5.41, 5.74) is 5.67. The molecular formula is C12H19NOS. The third-order valence-corrected chi connectivity index (χ3v) is 3.39. The Labute approximate surface area is 95.5 Å². The molecule has 0 spiro atoms. The van der Waals surface area contributed by atoms with Crippen LogP contribution in [-0.4, -0.2) is 11.8 Å². The highest BCUT2D eigenvalue weighted by molar-refractivity contribution is 7.12. The van der Waals surface area contributed by atoms with E-state index < -0.39 is 0 Å². The molecule has 0 saturated heterocycles. The molecule has 0 aliphatic rings. The predicted octanol–water partition coefficient (Wildman–Crippen LogP) is 3.08. The third kappa shape index (κ3) is 4.14. The first-order valence-electron chi connectivity index (χ1n) is 5.44. The molecule has 1 rings (SSSR count). The van der Waals surface area contributed by atoms with Crippen LogP contribution in [0.15, 0.2) is 17.5 Å². The molecular weight excluding hydrogens is 206 g/mol. The van der Waals surface area contributed by atoms with Gasteiger partial charge in [0.25, 0.3) is 0 Å². The van der Waals surface area contributed by atoms with E-state index >= 15 is 0 Å². The average molecular weight is 225 g/mol. The summed E-state index contributed by atoms with van der Waals surface area (Å²) in [6.07, 6.45) is 2.98. The number of hydrogen-bond donors (Lipinski definition) is 1. The lowest BCUT2D eigenvalue weighted by molar-refractivity contribution is 0.0926. The van der Waals surface area contributed by atoms with Gasteiger partial charge in [0.05, 0.1) is 4.88 Å². The number of rotatable bonds is 6. The molecule has 0 aliphatic carbocycles. The molecule has 0 radical (unpaired) electrons. The molecule has 15 heavy (non-hydrogen) atoms. The van der Waals surface area contributed by atoms with Crippen LogP contribution in [0.1, 0.15) is 42.8 Å². The Morgan fingerprint density at radius 1 is 1.47 bits per heavy atom. The molecule has 0 aliphatic heterocycles. The first-order valence-corrected chi connectivity index (χ1v) is 6.32. The van der Waals surface area contributed by atoms with E-state index in [1.54, 1.807) is 0 Å². The van der Waals surface area contributed by atoms with Crippen LogP contribution in [-0.2, 0) is 0 Å². The molecule has 0 aromatic carbocycles. The molecule has 3 heteroatoms. The maximum absolute atomic E-state index is 11.9. The van der Waals surface area contributed by atoms with Crippen LogP contribution in [0.2, 0.25) is 0 Å². The molecule has 1 aromatic rings. The lowest BCUT2D eigenvalue weighted by atomic mass is 9.97. The summed E-state index contributed by atoms with van der Waals surface area (Å²) in [7, 11) is 0. The largest absolute Gasteiger partial charge is 0.328 e. The molecule has 2 nitrogen and oxygen atoms in total. The van der Waals surface area contributed by atoms with Gasteiger partial charge in [0, 0.05) is 12.0 Å². The fourth-order valence-electron chi connectivity index (χ4n) is 1.54. The molecule has 0 saturated carbocycles. The maximum Gasteiger partial charge on any atom is 0.175 e. The number of carbonyl (C=O) groups excluding carboxylic acids is 1. The van der Waals surface area contributed by atoms with Gasteiger partial charge in [-0.1, -0.05) is 19.4 Å². The van der Waals surface area contributed by atoms with Gasteiger partial charge in [-0.25, -0.2) is 0 Å². The Kier molecular flexibility index (Phi) is 4.99. The average Bonchev–Trinajstić information content (AvgIpc) is 2.68. The van der Waals surface area contributed by atoms with Gasteiger partial charge in [-0.15, -0.1) is 11.3 Å². The quantitative estimate of drug-likeness (QED) is 0.756. The predicted molar refractivity (Wildman–Crippen MR) is 65.3 cm³/mol. The van der Waals surface area contributed by atoms with E-state index in [0.29, 0.717) is 0 Å². The van der Waals surface area contributed by atoms with Crippen molar-refractivity contribution in [2.75, 3.05) is 0 Å². The normalized spacial score (nSPS) is 14.9. The number of hydrogen-bond acceptors (Lipinski definition) is 3. The number of thiophene rings is 1. The molecule has 1 heterocycles. The second-order valence-electron chi connectivity index (χ2n) is 4.15. The van der Waals surface area contributed by atoms with Crippen LogP contribution in [0.25, 0.3) is 0 Å². The maximum atomic E-state index is 11.9. The Hall–Kier alpha value is -0.670. The highest BCUT2D eigenvalue weighted by atomic mass is 32.1. The first-order chi connectivity index (χ1) is 7.11. The third-order valence-electron chi connectivity index (χ3n) is 2.51. The van der Waals surface area contributed by atoms with Gasteiger partial charge >= 0.3 is 0 Å². The number of nitrogens with two attached hydrogens (primary N) is 1.